The Balaban J connectivity index is 1.65. The van der Waals surface area contributed by atoms with Crippen LogP contribution in [0, 0.1) is 12.8 Å². The lowest BCUT2D eigenvalue weighted by atomic mass is 9.99. The van der Waals surface area contributed by atoms with Gasteiger partial charge in [0.2, 0.25) is 15.9 Å². The zero-order valence-electron chi connectivity index (χ0n) is 17.5. The maximum atomic E-state index is 12.8. The largest absolute Gasteiger partial charge is 0.356 e. The van der Waals surface area contributed by atoms with Crippen LogP contribution in [0.25, 0.3) is 0 Å². The summed E-state index contributed by atoms with van der Waals surface area (Å²) >= 11 is 0. The molecular weight excluding hydrogens is 404 g/mol. The average Bonchev–Trinajstić information content (AvgIpc) is 3.21. The van der Waals surface area contributed by atoms with E-state index in [1.165, 1.54) is 19.3 Å². The third-order valence-electron chi connectivity index (χ3n) is 5.45. The van der Waals surface area contributed by atoms with Gasteiger partial charge in [-0.2, -0.15) is 4.31 Å². The molecule has 0 aliphatic carbocycles. The summed E-state index contributed by atoms with van der Waals surface area (Å²) in [6.45, 7) is 5.01. The molecule has 0 bridgehead atoms. The molecule has 0 spiro atoms. The van der Waals surface area contributed by atoms with Crippen molar-refractivity contribution < 1.29 is 18.0 Å². The normalized spacial score (nSPS) is 15.4. The number of amides is 2. The summed E-state index contributed by atoms with van der Waals surface area (Å²) in [6, 6.07) is 8.61. The SMILES string of the molecule is Cc1ccccc1NC(=O)CN(C)S(=O)(=O)c1c[nH]c(C(=O)N2CCC(C)CC2)c1. The molecule has 1 aromatic heterocycles. The molecule has 2 aromatic rings. The van der Waals surface area contributed by atoms with Crippen LogP contribution in [0.4, 0.5) is 5.69 Å². The highest BCUT2D eigenvalue weighted by molar-refractivity contribution is 7.89. The van der Waals surface area contributed by atoms with Crippen LogP contribution in [-0.2, 0) is 14.8 Å². The molecule has 162 valence electrons. The average molecular weight is 433 g/mol. The van der Waals surface area contributed by atoms with Gasteiger partial charge in [-0.05, 0) is 43.4 Å². The summed E-state index contributed by atoms with van der Waals surface area (Å²) in [5, 5.41) is 2.72. The maximum absolute atomic E-state index is 12.8. The fourth-order valence-electron chi connectivity index (χ4n) is 3.40. The number of aromatic nitrogens is 1. The smallest absolute Gasteiger partial charge is 0.270 e. The minimum absolute atomic E-state index is 0.0394. The molecule has 0 radical (unpaired) electrons. The van der Waals surface area contributed by atoms with Crippen molar-refractivity contribution in [1.82, 2.24) is 14.2 Å². The zero-order chi connectivity index (χ0) is 21.9. The van der Waals surface area contributed by atoms with Gasteiger partial charge in [-0.1, -0.05) is 25.1 Å². The lowest BCUT2D eigenvalue weighted by molar-refractivity contribution is -0.116. The molecule has 0 saturated carbocycles. The first-order chi connectivity index (χ1) is 14.2. The number of carbonyl (C=O) groups is 2. The Morgan fingerprint density at radius 1 is 1.23 bits per heavy atom. The van der Waals surface area contributed by atoms with E-state index in [1.54, 1.807) is 17.0 Å². The van der Waals surface area contributed by atoms with Gasteiger partial charge < -0.3 is 15.2 Å². The first kappa shape index (κ1) is 22.0. The molecule has 1 fully saturated rings. The fraction of sp³-hybridized carbons (Fsp3) is 0.429. The van der Waals surface area contributed by atoms with Gasteiger partial charge >= 0.3 is 0 Å². The maximum Gasteiger partial charge on any atom is 0.270 e. The molecule has 3 rings (SSSR count). The number of carbonyl (C=O) groups excluding carboxylic acids is 2. The van der Waals surface area contributed by atoms with Crippen molar-refractivity contribution in [3.63, 3.8) is 0 Å². The highest BCUT2D eigenvalue weighted by Gasteiger charge is 2.27. The Hall–Kier alpha value is -2.65. The van der Waals surface area contributed by atoms with Crippen LogP contribution < -0.4 is 5.32 Å². The number of para-hydroxylation sites is 1. The van der Waals surface area contributed by atoms with Crippen molar-refractivity contribution in [2.75, 3.05) is 32.0 Å². The van der Waals surface area contributed by atoms with Crippen molar-refractivity contribution in [3.8, 4) is 0 Å². The van der Waals surface area contributed by atoms with E-state index in [9.17, 15) is 18.0 Å². The fourth-order valence-corrected chi connectivity index (χ4v) is 4.52. The topological polar surface area (TPSA) is 103 Å². The third-order valence-corrected chi connectivity index (χ3v) is 7.23. The van der Waals surface area contributed by atoms with Crippen LogP contribution in [0.15, 0.2) is 41.4 Å². The van der Waals surface area contributed by atoms with Gasteiger partial charge in [0, 0.05) is 32.0 Å². The summed E-state index contributed by atoms with van der Waals surface area (Å²) in [4.78, 5) is 29.4. The van der Waals surface area contributed by atoms with Gasteiger partial charge in [0.25, 0.3) is 5.91 Å². The van der Waals surface area contributed by atoms with Crippen LogP contribution >= 0.6 is 0 Å². The van der Waals surface area contributed by atoms with Crippen LogP contribution in [0.3, 0.4) is 0 Å². The van der Waals surface area contributed by atoms with Crippen molar-refractivity contribution in [2.45, 2.75) is 31.6 Å². The van der Waals surface area contributed by atoms with Gasteiger partial charge in [-0.15, -0.1) is 0 Å². The number of H-pyrrole nitrogens is 1. The minimum Gasteiger partial charge on any atom is -0.356 e. The number of sulfonamides is 1. The van der Waals surface area contributed by atoms with Crippen LogP contribution in [0.5, 0.6) is 0 Å². The molecule has 0 atom stereocenters. The first-order valence-corrected chi connectivity index (χ1v) is 11.4. The second-order valence-electron chi connectivity index (χ2n) is 7.85. The number of likely N-dealkylation sites (tertiary alicyclic amines) is 1. The number of aryl methyl sites for hydroxylation is 1. The zero-order valence-corrected chi connectivity index (χ0v) is 18.3. The molecule has 1 aliphatic heterocycles. The van der Waals surface area contributed by atoms with Gasteiger partial charge in [0.15, 0.2) is 0 Å². The number of rotatable bonds is 6. The number of aromatic amines is 1. The molecule has 0 unspecified atom stereocenters. The van der Waals surface area contributed by atoms with Crippen LogP contribution in [-0.4, -0.2) is 61.1 Å². The number of piperidine rings is 1. The van der Waals surface area contributed by atoms with E-state index in [0.717, 1.165) is 22.7 Å². The van der Waals surface area contributed by atoms with E-state index in [-0.39, 0.29) is 23.0 Å². The lowest BCUT2D eigenvalue weighted by Crippen LogP contribution is -2.38. The molecule has 2 heterocycles. The summed E-state index contributed by atoms with van der Waals surface area (Å²) in [5.41, 5.74) is 1.76. The summed E-state index contributed by atoms with van der Waals surface area (Å²) in [7, 11) is -2.58. The highest BCUT2D eigenvalue weighted by atomic mass is 32.2. The van der Waals surface area contributed by atoms with E-state index in [4.69, 9.17) is 0 Å². The predicted molar refractivity (Wildman–Crippen MR) is 115 cm³/mol. The monoisotopic (exact) mass is 432 g/mol. The quantitative estimate of drug-likeness (QED) is 0.732. The number of likely N-dealkylation sites (N-methyl/N-ethyl adjacent to an activating group) is 1. The summed E-state index contributed by atoms with van der Waals surface area (Å²) < 4.78 is 26.7. The van der Waals surface area contributed by atoms with Gasteiger partial charge in [0.1, 0.15) is 10.6 Å². The molecule has 8 nitrogen and oxygen atoms in total. The molecular formula is C21H28N4O4S. The van der Waals surface area contributed by atoms with E-state index < -0.39 is 15.9 Å². The van der Waals surface area contributed by atoms with Crippen molar-refractivity contribution in [2.24, 2.45) is 5.92 Å². The summed E-state index contributed by atoms with van der Waals surface area (Å²) in [6.07, 6.45) is 3.18. The number of nitrogens with one attached hydrogen (secondary N) is 2. The van der Waals surface area contributed by atoms with E-state index >= 15 is 0 Å². The number of benzene rings is 1. The molecule has 2 amide bonds. The van der Waals surface area contributed by atoms with E-state index in [0.29, 0.717) is 24.7 Å². The Kier molecular flexibility index (Phi) is 6.62. The molecule has 1 aliphatic rings. The Bertz CT molecular complexity index is 1020. The lowest BCUT2D eigenvalue weighted by Gasteiger charge is -2.29. The minimum atomic E-state index is -3.92. The molecule has 9 heteroatoms. The Labute approximate surface area is 177 Å². The standard InChI is InChI=1S/C21H28N4O4S/c1-15-8-10-25(11-9-15)21(27)19-12-17(13-22-19)30(28,29)24(3)14-20(26)23-18-7-5-4-6-16(18)2/h4-7,12-13,15,22H,8-11,14H2,1-3H3,(H,23,26). The molecule has 30 heavy (non-hydrogen) atoms. The Morgan fingerprint density at radius 2 is 1.90 bits per heavy atom. The van der Waals surface area contributed by atoms with Gasteiger partial charge in [-0.25, -0.2) is 8.42 Å². The Morgan fingerprint density at radius 3 is 2.57 bits per heavy atom. The number of nitrogens with zero attached hydrogens (tertiary/aromatic N) is 2. The highest BCUT2D eigenvalue weighted by Crippen LogP contribution is 2.21. The van der Waals surface area contributed by atoms with E-state index in [2.05, 4.69) is 17.2 Å². The predicted octanol–water partition coefficient (Wildman–Crippen LogP) is 2.45. The number of anilines is 1. The van der Waals surface area contributed by atoms with Gasteiger partial charge in [-0.3, -0.25) is 9.59 Å². The van der Waals surface area contributed by atoms with Crippen LogP contribution in [0.1, 0.15) is 35.8 Å². The molecule has 1 saturated heterocycles. The number of hydrogen-bond acceptors (Lipinski definition) is 4. The van der Waals surface area contributed by atoms with E-state index in [1.807, 2.05) is 19.1 Å². The first-order valence-electron chi connectivity index (χ1n) is 9.98. The molecule has 1 aromatic carbocycles. The second kappa shape index (κ2) is 9.01. The van der Waals surface area contributed by atoms with Crippen molar-refractivity contribution in [1.29, 1.82) is 0 Å². The van der Waals surface area contributed by atoms with Crippen molar-refractivity contribution in [3.05, 3.63) is 47.8 Å². The second-order valence-corrected chi connectivity index (χ2v) is 9.89. The summed E-state index contributed by atoms with van der Waals surface area (Å²) in [5.74, 6) is -0.0546. The van der Waals surface area contributed by atoms with Crippen molar-refractivity contribution >= 4 is 27.5 Å². The van der Waals surface area contributed by atoms with Gasteiger partial charge in [0.05, 0.1) is 6.54 Å². The third kappa shape index (κ3) is 4.91. The molecule has 2 N–H and O–H groups in total. The number of hydrogen-bond donors (Lipinski definition) is 2. The van der Waals surface area contributed by atoms with Crippen LogP contribution in [0.2, 0.25) is 0 Å².